The van der Waals surface area contributed by atoms with E-state index in [0.717, 1.165) is 36.4 Å². The zero-order valence-electron chi connectivity index (χ0n) is 16.4. The molecule has 28 heavy (non-hydrogen) atoms. The number of carbonyl (C=O) groups excluding carboxylic acids is 2. The molecule has 148 valence electrons. The van der Waals surface area contributed by atoms with Crippen LogP contribution < -0.4 is 5.32 Å². The van der Waals surface area contributed by atoms with Gasteiger partial charge in [-0.1, -0.05) is 38.0 Å². The Morgan fingerprint density at radius 1 is 1.11 bits per heavy atom. The Morgan fingerprint density at radius 2 is 1.89 bits per heavy atom. The van der Waals surface area contributed by atoms with Crippen LogP contribution in [0.15, 0.2) is 41.8 Å². The molecule has 1 aromatic carbocycles. The van der Waals surface area contributed by atoms with Crippen molar-refractivity contribution in [2.45, 2.75) is 51.6 Å². The van der Waals surface area contributed by atoms with Gasteiger partial charge in [0.05, 0.1) is 4.88 Å². The summed E-state index contributed by atoms with van der Waals surface area (Å²) in [6, 6.07) is 11.8. The maximum absolute atomic E-state index is 13.2. The van der Waals surface area contributed by atoms with Gasteiger partial charge in [0.1, 0.15) is 0 Å². The first-order valence-corrected chi connectivity index (χ1v) is 11.2. The first-order valence-electron chi connectivity index (χ1n) is 10.3. The third kappa shape index (κ3) is 4.00. The smallest absolute Gasteiger partial charge is 0.261 e. The standard InChI is InChI=1S/C23H28N2O2S/c1-16-12-13-25(20-6-3-2-5-19(16)20)23(27)18-10-8-17(9-11-18)15-24-22(26)21-7-4-14-28-21/h4,7-11,14,16,19-20H,2-3,5-6,12-13,15H2,1H3,(H,24,26)/t16-,19+,20-/m0/s1. The van der Waals surface area contributed by atoms with Crippen LogP contribution in [0.5, 0.6) is 0 Å². The minimum absolute atomic E-state index is 0.0547. The summed E-state index contributed by atoms with van der Waals surface area (Å²) in [7, 11) is 0. The van der Waals surface area contributed by atoms with E-state index in [-0.39, 0.29) is 11.8 Å². The molecule has 0 unspecified atom stereocenters. The highest BCUT2D eigenvalue weighted by molar-refractivity contribution is 7.12. The van der Waals surface area contributed by atoms with Crippen molar-refractivity contribution in [3.63, 3.8) is 0 Å². The number of amides is 2. The molecule has 1 saturated carbocycles. The molecule has 1 aliphatic heterocycles. The fourth-order valence-corrected chi connectivity index (χ4v) is 5.41. The fraction of sp³-hybridized carbons (Fsp3) is 0.478. The molecule has 2 aliphatic rings. The van der Waals surface area contributed by atoms with Crippen molar-refractivity contribution >= 4 is 23.2 Å². The monoisotopic (exact) mass is 396 g/mol. The number of rotatable bonds is 4. The van der Waals surface area contributed by atoms with Gasteiger partial charge in [0.15, 0.2) is 0 Å². The lowest BCUT2D eigenvalue weighted by molar-refractivity contribution is 0.0217. The summed E-state index contributed by atoms with van der Waals surface area (Å²) in [6.45, 7) is 3.70. The zero-order valence-corrected chi connectivity index (χ0v) is 17.2. The van der Waals surface area contributed by atoms with E-state index in [1.807, 2.05) is 41.8 Å². The second-order valence-electron chi connectivity index (χ2n) is 8.14. The molecule has 1 aliphatic carbocycles. The summed E-state index contributed by atoms with van der Waals surface area (Å²) in [6.07, 6.45) is 6.06. The van der Waals surface area contributed by atoms with Crippen molar-refractivity contribution in [3.05, 3.63) is 57.8 Å². The predicted octanol–water partition coefficient (Wildman–Crippen LogP) is 4.72. The quantitative estimate of drug-likeness (QED) is 0.813. The minimum atomic E-state index is -0.0547. The van der Waals surface area contributed by atoms with Crippen molar-refractivity contribution < 1.29 is 9.59 Å². The summed E-state index contributed by atoms with van der Waals surface area (Å²) in [5.74, 6) is 1.50. The van der Waals surface area contributed by atoms with E-state index in [0.29, 0.717) is 23.4 Å². The molecule has 2 aromatic rings. The molecule has 2 heterocycles. The molecule has 0 bridgehead atoms. The van der Waals surface area contributed by atoms with Gasteiger partial charge in [-0.25, -0.2) is 0 Å². The van der Waals surface area contributed by atoms with Crippen LogP contribution in [0.3, 0.4) is 0 Å². The van der Waals surface area contributed by atoms with E-state index in [1.54, 1.807) is 0 Å². The van der Waals surface area contributed by atoms with Gasteiger partial charge in [-0.05, 0) is 60.2 Å². The number of nitrogens with zero attached hydrogens (tertiary/aromatic N) is 1. The molecule has 2 amide bonds. The van der Waals surface area contributed by atoms with Gasteiger partial charge in [0, 0.05) is 24.7 Å². The molecule has 3 atom stereocenters. The lowest BCUT2D eigenvalue weighted by atomic mass is 9.72. The van der Waals surface area contributed by atoms with E-state index < -0.39 is 0 Å². The maximum Gasteiger partial charge on any atom is 0.261 e. The largest absolute Gasteiger partial charge is 0.347 e. The number of carbonyl (C=O) groups is 2. The van der Waals surface area contributed by atoms with Crippen LogP contribution in [-0.4, -0.2) is 29.3 Å². The number of thiophene rings is 1. The molecule has 0 spiro atoms. The van der Waals surface area contributed by atoms with Crippen molar-refractivity contribution in [1.82, 2.24) is 10.2 Å². The lowest BCUT2D eigenvalue weighted by Crippen LogP contribution is -2.52. The van der Waals surface area contributed by atoms with Gasteiger partial charge < -0.3 is 10.2 Å². The normalized spacial score (nSPS) is 24.5. The second kappa shape index (κ2) is 8.48. The third-order valence-corrected chi connectivity index (χ3v) is 7.27. The van der Waals surface area contributed by atoms with E-state index in [2.05, 4.69) is 17.1 Å². The highest BCUT2D eigenvalue weighted by Gasteiger charge is 2.39. The highest BCUT2D eigenvalue weighted by atomic mass is 32.1. The molecule has 1 aromatic heterocycles. The Bertz CT molecular complexity index is 816. The summed E-state index contributed by atoms with van der Waals surface area (Å²) >= 11 is 1.44. The van der Waals surface area contributed by atoms with Crippen molar-refractivity contribution in [3.8, 4) is 0 Å². The van der Waals surface area contributed by atoms with E-state index in [4.69, 9.17) is 0 Å². The molecular weight excluding hydrogens is 368 g/mol. The summed E-state index contributed by atoms with van der Waals surface area (Å²) < 4.78 is 0. The maximum atomic E-state index is 13.2. The van der Waals surface area contributed by atoms with Gasteiger partial charge in [0.25, 0.3) is 11.8 Å². The molecular formula is C23H28N2O2S. The van der Waals surface area contributed by atoms with Crippen LogP contribution in [0.1, 0.15) is 64.6 Å². The van der Waals surface area contributed by atoms with Crippen molar-refractivity contribution in [2.75, 3.05) is 6.54 Å². The number of piperidine rings is 1. The first-order chi connectivity index (χ1) is 13.6. The van der Waals surface area contributed by atoms with Gasteiger partial charge >= 0.3 is 0 Å². The van der Waals surface area contributed by atoms with Crippen LogP contribution in [0.2, 0.25) is 0 Å². The Hall–Kier alpha value is -2.14. The molecule has 0 radical (unpaired) electrons. The zero-order chi connectivity index (χ0) is 19.5. The van der Waals surface area contributed by atoms with Gasteiger partial charge in [-0.3, -0.25) is 9.59 Å². The Labute approximate surface area is 170 Å². The first kappa shape index (κ1) is 19.2. The second-order valence-corrected chi connectivity index (χ2v) is 9.08. The molecule has 2 fully saturated rings. The number of hydrogen-bond donors (Lipinski definition) is 1. The van der Waals surface area contributed by atoms with Crippen LogP contribution >= 0.6 is 11.3 Å². The fourth-order valence-electron chi connectivity index (χ4n) is 4.77. The number of hydrogen-bond acceptors (Lipinski definition) is 3. The number of fused-ring (bicyclic) bond motifs is 1. The molecule has 5 heteroatoms. The summed E-state index contributed by atoms with van der Waals surface area (Å²) in [5, 5.41) is 4.83. The predicted molar refractivity (Wildman–Crippen MR) is 112 cm³/mol. The number of benzene rings is 1. The van der Waals surface area contributed by atoms with E-state index >= 15 is 0 Å². The molecule has 4 rings (SSSR count). The minimum Gasteiger partial charge on any atom is -0.347 e. The number of likely N-dealkylation sites (tertiary alicyclic amines) is 1. The SMILES string of the molecule is C[C@H]1CCN(C(=O)c2ccc(CNC(=O)c3cccs3)cc2)[C@H]2CCCC[C@H]12. The Morgan fingerprint density at radius 3 is 2.64 bits per heavy atom. The summed E-state index contributed by atoms with van der Waals surface area (Å²) in [5.41, 5.74) is 1.76. The summed E-state index contributed by atoms with van der Waals surface area (Å²) in [4.78, 5) is 28.1. The van der Waals surface area contributed by atoms with Crippen LogP contribution in [0.4, 0.5) is 0 Å². The van der Waals surface area contributed by atoms with E-state index in [9.17, 15) is 9.59 Å². The highest BCUT2D eigenvalue weighted by Crippen LogP contribution is 2.39. The Kier molecular flexibility index (Phi) is 5.81. The number of nitrogens with one attached hydrogen (secondary N) is 1. The van der Waals surface area contributed by atoms with E-state index in [1.165, 1.54) is 30.6 Å². The third-order valence-electron chi connectivity index (χ3n) is 6.40. The van der Waals surface area contributed by atoms with Gasteiger partial charge in [-0.15, -0.1) is 11.3 Å². The van der Waals surface area contributed by atoms with Crippen LogP contribution in [-0.2, 0) is 6.54 Å². The average Bonchev–Trinajstić information content (AvgIpc) is 3.27. The Balaban J connectivity index is 1.39. The molecule has 1 saturated heterocycles. The van der Waals surface area contributed by atoms with Gasteiger partial charge in [-0.2, -0.15) is 0 Å². The van der Waals surface area contributed by atoms with Crippen LogP contribution in [0, 0.1) is 11.8 Å². The molecule has 4 nitrogen and oxygen atoms in total. The van der Waals surface area contributed by atoms with Gasteiger partial charge in [0.2, 0.25) is 0 Å². The average molecular weight is 397 g/mol. The van der Waals surface area contributed by atoms with Crippen LogP contribution in [0.25, 0.3) is 0 Å². The lowest BCUT2D eigenvalue weighted by Gasteiger charge is -2.47. The van der Waals surface area contributed by atoms with Crippen molar-refractivity contribution in [1.29, 1.82) is 0 Å². The van der Waals surface area contributed by atoms with Crippen molar-refractivity contribution in [2.24, 2.45) is 11.8 Å². The topological polar surface area (TPSA) is 49.4 Å². The molecule has 1 N–H and O–H groups in total.